The zero-order valence-electron chi connectivity index (χ0n) is 21.2. The molecular weight excluding hydrogens is 567 g/mol. The summed E-state index contributed by atoms with van der Waals surface area (Å²) in [7, 11) is -2.38. The molecule has 0 bridgehead atoms. The van der Waals surface area contributed by atoms with Gasteiger partial charge in [-0.15, -0.1) is 11.3 Å². The number of fused-ring (bicyclic) bond motifs is 1. The summed E-state index contributed by atoms with van der Waals surface area (Å²) in [6, 6.07) is 13.1. The first-order valence-corrected chi connectivity index (χ1v) is 15.3. The van der Waals surface area contributed by atoms with Crippen molar-refractivity contribution in [3.05, 3.63) is 80.0 Å². The fourth-order valence-electron chi connectivity index (χ4n) is 4.42. The van der Waals surface area contributed by atoms with Crippen molar-refractivity contribution in [2.45, 2.75) is 30.7 Å². The number of ether oxygens (including phenoxy) is 2. The molecule has 0 spiro atoms. The van der Waals surface area contributed by atoms with Crippen LogP contribution in [0.4, 0.5) is 0 Å². The number of nitrogens with zero attached hydrogens (tertiary/aromatic N) is 2. The van der Waals surface area contributed by atoms with Crippen LogP contribution in [-0.4, -0.2) is 63.5 Å². The number of hydrogen-bond donors (Lipinski definition) is 0. The molecule has 204 valence electrons. The minimum atomic E-state index is -3.93. The molecule has 1 aliphatic rings. The van der Waals surface area contributed by atoms with Gasteiger partial charge in [0.2, 0.25) is 15.9 Å². The molecule has 1 aliphatic heterocycles. The molecule has 0 aliphatic carbocycles. The Bertz CT molecular complexity index is 1360. The third-order valence-corrected chi connectivity index (χ3v) is 10.0. The first-order valence-electron chi connectivity index (χ1n) is 12.2. The minimum Gasteiger partial charge on any atom is -0.491 e. The zero-order valence-corrected chi connectivity index (χ0v) is 24.4. The molecule has 1 atom stereocenters. The average molecular weight is 598 g/mol. The Morgan fingerprint density at radius 2 is 1.92 bits per heavy atom. The van der Waals surface area contributed by atoms with Gasteiger partial charge in [0.1, 0.15) is 12.4 Å². The van der Waals surface area contributed by atoms with E-state index in [4.69, 9.17) is 32.7 Å². The van der Waals surface area contributed by atoms with Crippen LogP contribution < -0.4 is 4.74 Å². The number of sulfonamides is 1. The van der Waals surface area contributed by atoms with Crippen molar-refractivity contribution >= 4 is 50.5 Å². The van der Waals surface area contributed by atoms with Gasteiger partial charge in [0.05, 0.1) is 17.5 Å². The molecule has 1 aromatic heterocycles. The Hall–Kier alpha value is -2.14. The highest BCUT2D eigenvalue weighted by Crippen LogP contribution is 2.34. The number of aryl methyl sites for hydroxylation is 1. The first-order chi connectivity index (χ1) is 18.2. The molecule has 38 heavy (non-hydrogen) atoms. The van der Waals surface area contributed by atoms with Crippen molar-refractivity contribution in [1.29, 1.82) is 0 Å². The Morgan fingerprint density at radius 3 is 2.63 bits per heavy atom. The van der Waals surface area contributed by atoms with Crippen LogP contribution in [0.5, 0.6) is 5.75 Å². The molecule has 0 saturated carbocycles. The maximum Gasteiger partial charge on any atom is 0.243 e. The summed E-state index contributed by atoms with van der Waals surface area (Å²) in [4.78, 5) is 16.8. The summed E-state index contributed by atoms with van der Waals surface area (Å²) < 4.78 is 39.5. The van der Waals surface area contributed by atoms with E-state index in [2.05, 4.69) is 0 Å². The van der Waals surface area contributed by atoms with Gasteiger partial charge in [-0.1, -0.05) is 23.2 Å². The normalized spacial score (nSPS) is 15.5. The topological polar surface area (TPSA) is 76.2 Å². The smallest absolute Gasteiger partial charge is 0.243 e. The van der Waals surface area contributed by atoms with Gasteiger partial charge in [-0.3, -0.25) is 4.79 Å². The summed E-state index contributed by atoms with van der Waals surface area (Å²) in [6.07, 6.45) is 1.16. The van der Waals surface area contributed by atoms with Crippen LogP contribution in [0.3, 0.4) is 0 Å². The van der Waals surface area contributed by atoms with Crippen LogP contribution in [0.25, 0.3) is 0 Å². The highest BCUT2D eigenvalue weighted by atomic mass is 35.5. The van der Waals surface area contributed by atoms with E-state index in [0.29, 0.717) is 41.8 Å². The van der Waals surface area contributed by atoms with Gasteiger partial charge in [0.15, 0.2) is 0 Å². The average Bonchev–Trinajstić information content (AvgIpc) is 3.38. The van der Waals surface area contributed by atoms with E-state index in [1.54, 1.807) is 35.5 Å². The van der Waals surface area contributed by atoms with Crippen LogP contribution >= 0.6 is 34.5 Å². The lowest BCUT2D eigenvalue weighted by Crippen LogP contribution is -2.48. The van der Waals surface area contributed by atoms with Crippen molar-refractivity contribution in [2.24, 2.45) is 0 Å². The van der Waals surface area contributed by atoms with E-state index in [1.165, 1.54) is 33.4 Å². The van der Waals surface area contributed by atoms with Gasteiger partial charge in [-0.25, -0.2) is 8.42 Å². The van der Waals surface area contributed by atoms with Gasteiger partial charge >= 0.3 is 0 Å². The largest absolute Gasteiger partial charge is 0.491 e. The number of carbonyl (C=O) groups is 1. The van der Waals surface area contributed by atoms with Crippen molar-refractivity contribution in [3.63, 3.8) is 0 Å². The van der Waals surface area contributed by atoms with Crippen LogP contribution in [-0.2, 0) is 26.0 Å². The first kappa shape index (κ1) is 28.9. The van der Waals surface area contributed by atoms with E-state index in [9.17, 15) is 13.2 Å². The molecule has 0 saturated heterocycles. The lowest BCUT2D eigenvalue weighted by atomic mass is 10.0. The van der Waals surface area contributed by atoms with Gasteiger partial charge in [0, 0.05) is 41.7 Å². The van der Waals surface area contributed by atoms with Crippen LogP contribution in [0, 0.1) is 6.92 Å². The maximum absolute atomic E-state index is 13.7. The molecule has 0 unspecified atom stereocenters. The molecule has 4 rings (SSSR count). The number of methoxy groups -OCH3 is 1. The predicted octanol–water partition coefficient (Wildman–Crippen LogP) is 5.60. The molecule has 0 radical (unpaired) electrons. The van der Waals surface area contributed by atoms with Gasteiger partial charge in [-0.2, -0.15) is 4.31 Å². The monoisotopic (exact) mass is 596 g/mol. The van der Waals surface area contributed by atoms with Crippen molar-refractivity contribution in [1.82, 2.24) is 9.21 Å². The SMILES string of the molecule is COCCCN(CC(=O)N1CCc2sccc2[C@@H]1COc1ccc(Cl)c(C)c1)S(=O)(=O)c1ccc(Cl)cc1. The number of halogens is 2. The van der Waals surface area contributed by atoms with E-state index < -0.39 is 10.0 Å². The number of rotatable bonds is 11. The molecule has 7 nitrogen and oxygen atoms in total. The molecule has 2 heterocycles. The highest BCUT2D eigenvalue weighted by Gasteiger charge is 2.35. The number of hydrogen-bond acceptors (Lipinski definition) is 6. The number of amides is 1. The van der Waals surface area contributed by atoms with E-state index in [1.807, 2.05) is 24.4 Å². The van der Waals surface area contributed by atoms with Gasteiger partial charge in [-0.05, 0) is 84.8 Å². The predicted molar refractivity (Wildman–Crippen MR) is 151 cm³/mol. The second-order valence-corrected chi connectivity index (χ2v) is 12.8. The van der Waals surface area contributed by atoms with E-state index in [0.717, 1.165) is 11.1 Å². The standard InChI is InChI=1S/C27H30Cl2N2O5S2/c1-19-16-21(6-9-24(19)29)36-18-25-23-11-15-37-26(23)10-13-31(25)27(32)17-30(12-3-14-35-2)38(33,34)22-7-4-20(28)5-8-22/h4-9,11,15-16,25H,3,10,12-14,17-18H2,1-2H3/t25-/m0/s1. The Balaban J connectivity index is 1.56. The number of thiophene rings is 1. The second kappa shape index (κ2) is 12.8. The van der Waals surface area contributed by atoms with Crippen LogP contribution in [0.2, 0.25) is 10.0 Å². The van der Waals surface area contributed by atoms with Crippen molar-refractivity contribution in [2.75, 3.05) is 40.0 Å². The zero-order chi connectivity index (χ0) is 27.3. The lowest BCUT2D eigenvalue weighted by Gasteiger charge is -2.37. The third kappa shape index (κ3) is 6.70. The molecule has 2 aromatic carbocycles. The summed E-state index contributed by atoms with van der Waals surface area (Å²) in [5.41, 5.74) is 1.93. The number of carbonyl (C=O) groups excluding carboxylic acids is 1. The van der Waals surface area contributed by atoms with Gasteiger partial charge < -0.3 is 14.4 Å². The van der Waals surface area contributed by atoms with E-state index in [-0.39, 0.29) is 36.5 Å². The summed E-state index contributed by atoms with van der Waals surface area (Å²) in [5, 5.41) is 3.10. The minimum absolute atomic E-state index is 0.0869. The fourth-order valence-corrected chi connectivity index (χ4v) is 7.02. The molecule has 0 N–H and O–H groups in total. The Labute approximate surface area is 237 Å². The lowest BCUT2D eigenvalue weighted by molar-refractivity contribution is -0.135. The quantitative estimate of drug-likeness (QED) is 0.269. The highest BCUT2D eigenvalue weighted by molar-refractivity contribution is 7.89. The third-order valence-electron chi connectivity index (χ3n) is 6.47. The summed E-state index contributed by atoms with van der Waals surface area (Å²) >= 11 is 13.8. The molecule has 0 fully saturated rings. The fraction of sp³-hybridized carbons (Fsp3) is 0.370. The van der Waals surface area contributed by atoms with Crippen molar-refractivity contribution in [3.8, 4) is 5.75 Å². The van der Waals surface area contributed by atoms with Crippen LogP contribution in [0.15, 0.2) is 58.8 Å². The molecular formula is C27H30Cl2N2O5S2. The molecule has 1 amide bonds. The Morgan fingerprint density at radius 1 is 1.16 bits per heavy atom. The van der Waals surface area contributed by atoms with E-state index >= 15 is 0 Å². The summed E-state index contributed by atoms with van der Waals surface area (Å²) in [5.74, 6) is 0.380. The van der Waals surface area contributed by atoms with Gasteiger partial charge in [0.25, 0.3) is 0 Å². The van der Waals surface area contributed by atoms with Crippen molar-refractivity contribution < 1.29 is 22.7 Å². The van der Waals surface area contributed by atoms with Crippen LogP contribution in [0.1, 0.15) is 28.5 Å². The maximum atomic E-state index is 13.7. The Kier molecular flexibility index (Phi) is 9.73. The molecule has 11 heteroatoms. The second-order valence-electron chi connectivity index (χ2n) is 9.01. The molecule has 3 aromatic rings. The summed E-state index contributed by atoms with van der Waals surface area (Å²) in [6.45, 7) is 2.86. The number of benzene rings is 2.